The quantitative estimate of drug-likeness (QED) is 0.355. The lowest BCUT2D eigenvalue weighted by Crippen LogP contribution is -2.04. The van der Waals surface area contributed by atoms with E-state index in [-0.39, 0.29) is 12.4 Å². The molecule has 0 aliphatic rings. The Kier molecular flexibility index (Phi) is 7.12. The fraction of sp³-hybridized carbons (Fsp3) is 0.192. The van der Waals surface area contributed by atoms with Crippen LogP contribution >= 0.6 is 0 Å². The van der Waals surface area contributed by atoms with Crippen LogP contribution in [0.4, 0.5) is 11.4 Å². The molecule has 168 valence electrons. The summed E-state index contributed by atoms with van der Waals surface area (Å²) in [4.78, 5) is 12.6. The lowest BCUT2D eigenvalue weighted by molar-refractivity contribution is 0.0992. The van der Waals surface area contributed by atoms with E-state index in [1.54, 1.807) is 23.9 Å². The van der Waals surface area contributed by atoms with Gasteiger partial charge in [-0.3, -0.25) is 4.79 Å². The molecule has 0 unspecified atom stereocenters. The maximum absolute atomic E-state index is 12.6. The molecule has 4 aromatic rings. The number of aryl methyl sites for hydroxylation is 1. The molecular weight excluding hydrogens is 416 g/mol. The van der Waals surface area contributed by atoms with Crippen molar-refractivity contribution in [3.8, 4) is 11.4 Å². The van der Waals surface area contributed by atoms with Gasteiger partial charge < -0.3 is 15.2 Å². The zero-order valence-electron chi connectivity index (χ0n) is 18.4. The molecule has 0 spiro atoms. The number of ketones is 1. The Bertz CT molecular complexity index is 1220. The summed E-state index contributed by atoms with van der Waals surface area (Å²) in [5.74, 6) is 0.725. The van der Waals surface area contributed by atoms with Gasteiger partial charge in [-0.2, -0.15) is 0 Å². The van der Waals surface area contributed by atoms with Crippen molar-refractivity contribution in [3.63, 3.8) is 0 Å². The van der Waals surface area contributed by atoms with Crippen molar-refractivity contribution in [1.29, 1.82) is 0 Å². The molecule has 33 heavy (non-hydrogen) atoms. The number of anilines is 2. The standard InChI is InChI=1S/C26H26N4O3/c1-33-25-9-2-5-20(16-25)26(32)15-19-10-12-21(13-11-19)27-22-6-3-8-24(17-22)30-18-23(28-29-30)7-4-14-31/h2-3,5-6,8-13,16-18,27,31H,4,7,14-15H2,1H3. The lowest BCUT2D eigenvalue weighted by atomic mass is 10.0. The van der Waals surface area contributed by atoms with Crippen LogP contribution in [0, 0.1) is 0 Å². The minimum Gasteiger partial charge on any atom is -0.497 e. The normalized spacial score (nSPS) is 10.7. The van der Waals surface area contributed by atoms with E-state index in [0.29, 0.717) is 30.6 Å². The van der Waals surface area contributed by atoms with Crippen LogP contribution in [0.5, 0.6) is 5.75 Å². The third kappa shape index (κ3) is 5.84. The first-order valence-corrected chi connectivity index (χ1v) is 10.8. The molecule has 7 heteroatoms. The minimum atomic E-state index is 0.0495. The van der Waals surface area contributed by atoms with Crippen molar-refractivity contribution in [2.24, 2.45) is 0 Å². The van der Waals surface area contributed by atoms with Crippen LogP contribution in [-0.2, 0) is 12.8 Å². The Morgan fingerprint density at radius 3 is 2.64 bits per heavy atom. The first kappa shape index (κ1) is 22.2. The molecule has 0 aliphatic heterocycles. The summed E-state index contributed by atoms with van der Waals surface area (Å²) in [5, 5.41) is 20.7. The van der Waals surface area contributed by atoms with Crippen molar-refractivity contribution in [2.75, 3.05) is 19.0 Å². The SMILES string of the molecule is COc1cccc(C(=O)Cc2ccc(Nc3cccc(-n4cc(CCCO)nn4)c3)cc2)c1. The van der Waals surface area contributed by atoms with Gasteiger partial charge in [0.1, 0.15) is 5.75 Å². The van der Waals surface area contributed by atoms with Gasteiger partial charge in [0.2, 0.25) is 0 Å². The molecule has 7 nitrogen and oxygen atoms in total. The van der Waals surface area contributed by atoms with Crippen molar-refractivity contribution < 1.29 is 14.6 Å². The fourth-order valence-corrected chi connectivity index (χ4v) is 3.48. The predicted molar refractivity (Wildman–Crippen MR) is 128 cm³/mol. The van der Waals surface area contributed by atoms with Crippen LogP contribution in [0.1, 0.15) is 28.0 Å². The van der Waals surface area contributed by atoms with Crippen LogP contribution in [0.25, 0.3) is 5.69 Å². The number of nitrogens with zero attached hydrogens (tertiary/aromatic N) is 3. The third-order valence-electron chi connectivity index (χ3n) is 5.24. The average Bonchev–Trinajstić information content (AvgIpc) is 3.33. The van der Waals surface area contributed by atoms with Crippen molar-refractivity contribution >= 4 is 17.2 Å². The number of benzene rings is 3. The molecule has 0 saturated heterocycles. The number of rotatable bonds is 10. The lowest BCUT2D eigenvalue weighted by Gasteiger charge is -2.09. The number of carbonyl (C=O) groups excluding carboxylic acids is 1. The van der Waals surface area contributed by atoms with Crippen LogP contribution in [0.2, 0.25) is 0 Å². The molecule has 2 N–H and O–H groups in total. The first-order valence-electron chi connectivity index (χ1n) is 10.8. The van der Waals surface area contributed by atoms with Crippen LogP contribution in [0.3, 0.4) is 0 Å². The van der Waals surface area contributed by atoms with E-state index in [9.17, 15) is 4.79 Å². The molecule has 0 saturated carbocycles. The fourth-order valence-electron chi connectivity index (χ4n) is 3.48. The summed E-state index contributed by atoms with van der Waals surface area (Å²) in [6.45, 7) is 0.139. The summed E-state index contributed by atoms with van der Waals surface area (Å²) in [5.41, 5.74) is 5.16. The van der Waals surface area contributed by atoms with Gasteiger partial charge in [0, 0.05) is 30.0 Å². The summed E-state index contributed by atoms with van der Waals surface area (Å²) in [7, 11) is 1.59. The highest BCUT2D eigenvalue weighted by atomic mass is 16.5. The second-order valence-corrected chi connectivity index (χ2v) is 7.69. The summed E-state index contributed by atoms with van der Waals surface area (Å²) < 4.78 is 6.93. The number of aromatic nitrogens is 3. The van der Waals surface area contributed by atoms with Gasteiger partial charge in [-0.05, 0) is 60.9 Å². The zero-order valence-corrected chi connectivity index (χ0v) is 18.4. The number of ether oxygens (including phenoxy) is 1. The number of aliphatic hydroxyl groups is 1. The predicted octanol–water partition coefficient (Wildman–Crippen LogP) is 4.37. The molecule has 0 fully saturated rings. The highest BCUT2D eigenvalue weighted by Gasteiger charge is 2.09. The molecule has 1 heterocycles. The molecule has 0 aliphatic carbocycles. The molecule has 3 aromatic carbocycles. The Labute approximate surface area is 192 Å². The van der Waals surface area contributed by atoms with Gasteiger partial charge >= 0.3 is 0 Å². The molecule has 0 amide bonds. The molecule has 0 bridgehead atoms. The van der Waals surface area contributed by atoms with Gasteiger partial charge in [-0.1, -0.05) is 35.5 Å². The maximum Gasteiger partial charge on any atom is 0.167 e. The highest BCUT2D eigenvalue weighted by Crippen LogP contribution is 2.21. The second kappa shape index (κ2) is 10.6. The topological polar surface area (TPSA) is 89.3 Å². The van der Waals surface area contributed by atoms with Gasteiger partial charge in [-0.15, -0.1) is 5.10 Å². The van der Waals surface area contributed by atoms with E-state index in [1.807, 2.05) is 66.9 Å². The van der Waals surface area contributed by atoms with Crippen molar-refractivity contribution in [3.05, 3.63) is 95.8 Å². The number of nitrogens with one attached hydrogen (secondary N) is 1. The molecular formula is C26H26N4O3. The smallest absolute Gasteiger partial charge is 0.167 e. The Morgan fingerprint density at radius 1 is 1.03 bits per heavy atom. The first-order chi connectivity index (χ1) is 16.1. The number of methoxy groups -OCH3 is 1. The second-order valence-electron chi connectivity index (χ2n) is 7.69. The van der Waals surface area contributed by atoms with E-state index in [1.165, 1.54) is 0 Å². The van der Waals surface area contributed by atoms with Gasteiger partial charge in [0.25, 0.3) is 0 Å². The monoisotopic (exact) mass is 442 g/mol. The number of aliphatic hydroxyl groups excluding tert-OH is 1. The van der Waals surface area contributed by atoms with Crippen LogP contribution < -0.4 is 10.1 Å². The third-order valence-corrected chi connectivity index (χ3v) is 5.24. The van der Waals surface area contributed by atoms with Crippen molar-refractivity contribution in [1.82, 2.24) is 15.0 Å². The highest BCUT2D eigenvalue weighted by molar-refractivity contribution is 5.97. The van der Waals surface area contributed by atoms with E-state index in [4.69, 9.17) is 9.84 Å². The minimum absolute atomic E-state index is 0.0495. The van der Waals surface area contributed by atoms with Crippen molar-refractivity contribution in [2.45, 2.75) is 19.3 Å². The van der Waals surface area contributed by atoms with E-state index < -0.39 is 0 Å². The molecule has 0 radical (unpaired) electrons. The Balaban J connectivity index is 1.40. The maximum atomic E-state index is 12.6. The molecule has 0 atom stereocenters. The summed E-state index contributed by atoms with van der Waals surface area (Å²) >= 11 is 0. The zero-order chi connectivity index (χ0) is 23.0. The number of hydrogen-bond donors (Lipinski definition) is 2. The number of Topliss-reactive ketones (excluding diaryl/α,β-unsaturated/α-hetero) is 1. The average molecular weight is 443 g/mol. The van der Waals surface area contributed by atoms with E-state index in [2.05, 4.69) is 15.6 Å². The van der Waals surface area contributed by atoms with Crippen LogP contribution in [-0.4, -0.2) is 39.6 Å². The van der Waals surface area contributed by atoms with Crippen LogP contribution in [0.15, 0.2) is 79.0 Å². The number of hydrogen-bond acceptors (Lipinski definition) is 6. The summed E-state index contributed by atoms with van der Waals surface area (Å²) in [6, 6.07) is 22.9. The van der Waals surface area contributed by atoms with E-state index >= 15 is 0 Å². The summed E-state index contributed by atoms with van der Waals surface area (Å²) in [6.07, 6.45) is 3.57. The van der Waals surface area contributed by atoms with Gasteiger partial charge in [-0.25, -0.2) is 4.68 Å². The Morgan fingerprint density at radius 2 is 1.85 bits per heavy atom. The molecule has 4 rings (SSSR count). The van der Waals surface area contributed by atoms with E-state index in [0.717, 1.165) is 28.3 Å². The van der Waals surface area contributed by atoms with Gasteiger partial charge in [0.05, 0.1) is 24.7 Å². The number of carbonyl (C=O) groups is 1. The largest absolute Gasteiger partial charge is 0.497 e. The van der Waals surface area contributed by atoms with Gasteiger partial charge in [0.15, 0.2) is 5.78 Å². The Hall–Kier alpha value is -3.97. The molecule has 1 aromatic heterocycles.